The smallest absolute Gasteiger partial charge is 0.231 e. The number of amides is 1. The minimum atomic E-state index is -0.501. The normalized spacial score (nSPS) is 12.2. The van der Waals surface area contributed by atoms with Crippen molar-refractivity contribution < 1.29 is 9.59 Å². The van der Waals surface area contributed by atoms with Crippen LogP contribution in [0.3, 0.4) is 0 Å². The zero-order chi connectivity index (χ0) is 20.0. The minimum absolute atomic E-state index is 0.0369. The first-order chi connectivity index (χ1) is 12.8. The zero-order valence-corrected chi connectivity index (χ0v) is 17.6. The molecule has 1 heterocycles. The van der Waals surface area contributed by atoms with Crippen molar-refractivity contribution in [2.45, 2.75) is 58.8 Å². The summed E-state index contributed by atoms with van der Waals surface area (Å²) in [5.74, 6) is 0.557. The molecular weight excluding hydrogens is 358 g/mol. The molecule has 0 fully saturated rings. The Hall–Kier alpha value is -2.08. The Kier molecular flexibility index (Phi) is 7.66. The zero-order valence-electron chi connectivity index (χ0n) is 16.8. The molecular formula is C21H29N3O2S. The van der Waals surface area contributed by atoms with E-state index in [1.807, 2.05) is 37.3 Å². The van der Waals surface area contributed by atoms with E-state index in [-0.39, 0.29) is 17.4 Å². The lowest BCUT2D eigenvalue weighted by molar-refractivity contribution is -0.125. The van der Waals surface area contributed by atoms with Gasteiger partial charge in [0.05, 0.1) is 17.5 Å². The van der Waals surface area contributed by atoms with Crippen LogP contribution in [0.1, 0.15) is 37.7 Å². The van der Waals surface area contributed by atoms with E-state index in [9.17, 15) is 9.59 Å². The third-order valence-electron chi connectivity index (χ3n) is 4.41. The van der Waals surface area contributed by atoms with Crippen LogP contribution < -0.4 is 5.32 Å². The standard InChI is InChI=1S/C21H29N3O2S/c1-14(2)12-24-16(4)15(3)22-21(24)27-13-20(26)23-19(17(5)25)11-18-9-7-6-8-10-18/h6-10,14,19H,11-13H2,1-5H3,(H,23,26)/t19-/m0/s1. The van der Waals surface area contributed by atoms with E-state index >= 15 is 0 Å². The fourth-order valence-electron chi connectivity index (χ4n) is 2.83. The van der Waals surface area contributed by atoms with Crippen LogP contribution in [-0.4, -0.2) is 33.0 Å². The molecule has 1 aromatic carbocycles. The van der Waals surface area contributed by atoms with Gasteiger partial charge in [0.25, 0.3) is 0 Å². The van der Waals surface area contributed by atoms with Gasteiger partial charge in [-0.25, -0.2) is 4.98 Å². The minimum Gasteiger partial charge on any atom is -0.345 e. The molecule has 6 heteroatoms. The summed E-state index contributed by atoms with van der Waals surface area (Å²) in [5.41, 5.74) is 3.16. The van der Waals surface area contributed by atoms with Crippen LogP contribution in [-0.2, 0) is 22.6 Å². The van der Waals surface area contributed by atoms with Gasteiger partial charge in [0.2, 0.25) is 5.91 Å². The highest BCUT2D eigenvalue weighted by Gasteiger charge is 2.19. The molecule has 0 saturated heterocycles. The molecule has 0 saturated carbocycles. The third-order valence-corrected chi connectivity index (χ3v) is 5.39. The molecule has 1 amide bonds. The first-order valence-electron chi connectivity index (χ1n) is 9.28. The Balaban J connectivity index is 1.98. The summed E-state index contributed by atoms with van der Waals surface area (Å²) in [6.07, 6.45) is 0.507. The van der Waals surface area contributed by atoms with Crippen molar-refractivity contribution in [3.05, 3.63) is 47.3 Å². The quantitative estimate of drug-likeness (QED) is 0.668. The van der Waals surface area contributed by atoms with Gasteiger partial charge in [-0.2, -0.15) is 0 Å². The highest BCUT2D eigenvalue weighted by Crippen LogP contribution is 2.22. The van der Waals surface area contributed by atoms with Crippen LogP contribution in [0.2, 0.25) is 0 Å². The highest BCUT2D eigenvalue weighted by atomic mass is 32.2. The van der Waals surface area contributed by atoms with Crippen molar-refractivity contribution in [3.8, 4) is 0 Å². The molecule has 0 spiro atoms. The summed E-state index contributed by atoms with van der Waals surface area (Å²) < 4.78 is 2.17. The largest absolute Gasteiger partial charge is 0.345 e. The van der Waals surface area contributed by atoms with E-state index in [2.05, 4.69) is 35.6 Å². The van der Waals surface area contributed by atoms with Gasteiger partial charge < -0.3 is 9.88 Å². The van der Waals surface area contributed by atoms with Crippen LogP contribution in [0.15, 0.2) is 35.5 Å². The van der Waals surface area contributed by atoms with Crippen LogP contribution in [0.5, 0.6) is 0 Å². The molecule has 0 radical (unpaired) electrons. The van der Waals surface area contributed by atoms with Gasteiger partial charge in [-0.1, -0.05) is 55.9 Å². The van der Waals surface area contributed by atoms with Crippen molar-refractivity contribution >= 4 is 23.5 Å². The molecule has 146 valence electrons. The molecule has 0 aliphatic carbocycles. The fraction of sp³-hybridized carbons (Fsp3) is 0.476. The van der Waals surface area contributed by atoms with Gasteiger partial charge in [-0.3, -0.25) is 9.59 Å². The highest BCUT2D eigenvalue weighted by molar-refractivity contribution is 7.99. The molecule has 0 aliphatic heterocycles. The number of hydrogen-bond acceptors (Lipinski definition) is 4. The summed E-state index contributed by atoms with van der Waals surface area (Å²) >= 11 is 1.42. The first-order valence-corrected chi connectivity index (χ1v) is 10.3. The van der Waals surface area contributed by atoms with Crippen LogP contribution >= 0.6 is 11.8 Å². The molecule has 1 aromatic heterocycles. The summed E-state index contributed by atoms with van der Waals surface area (Å²) in [5, 5.41) is 3.73. The fourth-order valence-corrected chi connectivity index (χ4v) is 3.74. The maximum absolute atomic E-state index is 12.4. The maximum Gasteiger partial charge on any atom is 0.231 e. The number of carbonyl (C=O) groups excluding carboxylic acids is 2. The number of aryl methyl sites for hydroxylation is 1. The molecule has 5 nitrogen and oxygen atoms in total. The Bertz CT molecular complexity index is 784. The molecule has 0 unspecified atom stereocenters. The van der Waals surface area contributed by atoms with Gasteiger partial charge in [0.15, 0.2) is 10.9 Å². The molecule has 2 aromatic rings. The summed E-state index contributed by atoms with van der Waals surface area (Å²) in [6.45, 7) is 10.8. The third kappa shape index (κ3) is 6.24. The second-order valence-electron chi connectivity index (χ2n) is 7.28. The summed E-state index contributed by atoms with van der Waals surface area (Å²) in [6, 6.07) is 9.23. The van der Waals surface area contributed by atoms with Crippen molar-refractivity contribution in [3.63, 3.8) is 0 Å². The van der Waals surface area contributed by atoms with Gasteiger partial charge in [0, 0.05) is 12.2 Å². The number of hydrogen-bond donors (Lipinski definition) is 1. The molecule has 2 rings (SSSR count). The second kappa shape index (κ2) is 9.74. The van der Waals surface area contributed by atoms with Crippen molar-refractivity contribution in [2.75, 3.05) is 5.75 Å². The SMILES string of the molecule is CC(=O)[C@H](Cc1ccccc1)NC(=O)CSc1nc(C)c(C)n1CC(C)C. The molecule has 27 heavy (non-hydrogen) atoms. The van der Waals surface area contributed by atoms with Crippen LogP contribution in [0.4, 0.5) is 0 Å². The number of nitrogens with one attached hydrogen (secondary N) is 1. The number of nitrogens with zero attached hydrogens (tertiary/aromatic N) is 2. The predicted molar refractivity (Wildman–Crippen MR) is 110 cm³/mol. The molecule has 1 atom stereocenters. The van der Waals surface area contributed by atoms with Gasteiger partial charge in [0.1, 0.15) is 0 Å². The predicted octanol–water partition coefficient (Wildman–Crippen LogP) is 3.56. The average molecular weight is 388 g/mol. The monoisotopic (exact) mass is 387 g/mol. The lowest BCUT2D eigenvalue weighted by atomic mass is 10.0. The lowest BCUT2D eigenvalue weighted by Gasteiger charge is -2.16. The average Bonchev–Trinajstić information content (AvgIpc) is 2.87. The van der Waals surface area contributed by atoms with Crippen molar-refractivity contribution in [1.29, 1.82) is 0 Å². The number of Topliss-reactive ketones (excluding diaryl/α,β-unsaturated/α-hetero) is 1. The second-order valence-corrected chi connectivity index (χ2v) is 8.22. The Morgan fingerprint density at radius 3 is 2.44 bits per heavy atom. The molecule has 0 bridgehead atoms. The Morgan fingerprint density at radius 2 is 1.85 bits per heavy atom. The van der Waals surface area contributed by atoms with Crippen LogP contribution in [0, 0.1) is 19.8 Å². The lowest BCUT2D eigenvalue weighted by Crippen LogP contribution is -2.42. The van der Waals surface area contributed by atoms with Crippen molar-refractivity contribution in [2.24, 2.45) is 5.92 Å². The Labute approximate surface area is 166 Å². The number of rotatable bonds is 9. The maximum atomic E-state index is 12.4. The van der Waals surface area contributed by atoms with Gasteiger partial charge in [-0.05, 0) is 38.7 Å². The number of ketones is 1. The number of imidazole rings is 1. The van der Waals surface area contributed by atoms with Crippen molar-refractivity contribution in [1.82, 2.24) is 14.9 Å². The van der Waals surface area contributed by atoms with Gasteiger partial charge in [-0.15, -0.1) is 0 Å². The first kappa shape index (κ1) is 21.2. The van der Waals surface area contributed by atoms with E-state index in [4.69, 9.17) is 0 Å². The van der Waals surface area contributed by atoms with Crippen LogP contribution in [0.25, 0.3) is 0 Å². The van der Waals surface area contributed by atoms with E-state index in [1.165, 1.54) is 18.7 Å². The summed E-state index contributed by atoms with van der Waals surface area (Å²) in [7, 11) is 0. The van der Waals surface area contributed by atoms with E-state index in [1.54, 1.807) is 0 Å². The number of aromatic nitrogens is 2. The van der Waals surface area contributed by atoms with E-state index in [0.717, 1.165) is 28.7 Å². The molecule has 1 N–H and O–H groups in total. The number of benzene rings is 1. The Morgan fingerprint density at radius 1 is 1.19 bits per heavy atom. The topological polar surface area (TPSA) is 64.0 Å². The number of carbonyl (C=O) groups is 2. The number of thioether (sulfide) groups is 1. The van der Waals surface area contributed by atoms with E-state index < -0.39 is 6.04 Å². The summed E-state index contributed by atoms with van der Waals surface area (Å²) in [4.78, 5) is 29.0. The molecule has 0 aliphatic rings. The van der Waals surface area contributed by atoms with E-state index in [0.29, 0.717) is 12.3 Å². The van der Waals surface area contributed by atoms with Gasteiger partial charge >= 0.3 is 0 Å².